The van der Waals surface area contributed by atoms with Crippen LogP contribution in [0.1, 0.15) is 70.0 Å². The third-order valence-corrected chi connectivity index (χ3v) is 27.9. The minimum atomic E-state index is -6.05. The number of hydrogen-bond acceptors (Lipinski definition) is 53. The van der Waals surface area contributed by atoms with Crippen molar-refractivity contribution < 1.29 is 180 Å². The molecule has 6 aliphatic rings. The molecule has 0 aliphatic carbocycles. The van der Waals surface area contributed by atoms with Gasteiger partial charge in [0, 0.05) is 30.7 Å². The van der Waals surface area contributed by atoms with Crippen LogP contribution in [0.3, 0.4) is 0 Å². The number of imidazole rings is 3. The summed E-state index contributed by atoms with van der Waals surface area (Å²) in [5.41, 5.74) is 29.5. The molecule has 30 atom stereocenters. The highest BCUT2D eigenvalue weighted by Gasteiger charge is 2.58. The molecule has 0 spiro atoms. The van der Waals surface area contributed by atoms with Crippen LogP contribution in [0.25, 0.3) is 33.5 Å². The molecule has 0 radical (unpaired) electrons. The van der Waals surface area contributed by atoms with Crippen LogP contribution in [0.2, 0.25) is 0 Å². The van der Waals surface area contributed by atoms with Crippen molar-refractivity contribution in [3.8, 4) is 0 Å². The third-order valence-electron chi connectivity index (χ3n) is 22.0. The Bertz CT molecular complexity index is 6620. The van der Waals surface area contributed by atoms with Crippen molar-refractivity contribution in [3.63, 3.8) is 0 Å². The molecule has 73 heteroatoms. The second-order valence-electron chi connectivity index (χ2n) is 31.6. The number of nitrogens with two attached hydrogens (primary N) is 6. The van der Waals surface area contributed by atoms with Gasteiger partial charge in [-0.25, -0.2) is 76.7 Å². The number of rotatable bonds is 43. The fraction of sp³-hybridized carbons (Fsp3) is 0.552. The number of H-pyrrole nitrogens is 1. The third kappa shape index (κ3) is 23.5. The molecule has 9 aromatic rings. The lowest BCUT2D eigenvalue weighted by Crippen LogP contribution is -2.39. The molecular weight excluding hydrogens is 2010 g/mol. The summed E-state index contributed by atoms with van der Waals surface area (Å²) >= 11 is 0. The number of unbranched alkanes of at least 4 members (excludes halogenated alkanes) is 3. The molecule has 0 bridgehead atoms. The predicted octanol–water partition coefficient (Wildman–Crippen LogP) is -6.13. The SMILES string of the molecule is C=C(C)C(=O)NCCCCCCOP(=O)(O)OC[C@H]1O[C@@H](n2cnc3c(N)ncnc32)[C@H](O)[C@@H]1OP(=O)(O)OC[C@H]1O[C@@H](n2ccc(N)nc2=O)[C@H](O)[C@@H]1OP(=O)(O)OC[C@H]1O[C@@H](n2ccc(N)nc2=O)[C@H](O)[C@@H]1OP(=O)(O)OC[C@H]1O[C@@H](n2cnc3c(N)ncnc32)[C@H](O)[C@@H]1OP(=O)(O)OC[C@H]1O[C@@H](n2cnc3c(=O)[nH]c(N)nc32)[C@H](O)[C@@H]1OP(=O)(O)OC[C@H]1O[C@@H](n2ccc(N)nc2=O)[C@H](O)[C@@H]1O. The molecule has 15 rings (SSSR count). The number of aromatic amines is 1. The van der Waals surface area contributed by atoms with E-state index >= 15 is 0 Å². The highest BCUT2D eigenvalue weighted by atomic mass is 31.2. The zero-order valence-electron chi connectivity index (χ0n) is 71.8. The van der Waals surface area contributed by atoms with Crippen molar-refractivity contribution in [3.05, 3.63) is 122 Å². The smallest absolute Gasteiger partial charge is 0.387 e. The van der Waals surface area contributed by atoms with Crippen LogP contribution < -0.4 is 62.3 Å². The minimum Gasteiger partial charge on any atom is -0.387 e. The molecule has 6 fully saturated rings. The zero-order valence-corrected chi connectivity index (χ0v) is 77.2. The maximum absolute atomic E-state index is 14.6. The maximum Gasteiger partial charge on any atom is 0.472 e. The fourth-order valence-corrected chi connectivity index (χ4v) is 20.9. The molecule has 15 heterocycles. The van der Waals surface area contributed by atoms with Crippen molar-refractivity contribution in [2.75, 3.05) is 87.2 Å². The summed E-state index contributed by atoms with van der Waals surface area (Å²) in [6, 6.07) is 3.19. The first-order chi connectivity index (χ1) is 66.0. The van der Waals surface area contributed by atoms with Crippen molar-refractivity contribution in [2.45, 2.75) is 180 Å². The molecule has 67 nitrogen and oxygen atoms in total. The van der Waals surface area contributed by atoms with Crippen molar-refractivity contribution >= 4 is 121 Å². The van der Waals surface area contributed by atoms with Crippen molar-refractivity contribution in [1.29, 1.82) is 0 Å². The van der Waals surface area contributed by atoms with E-state index in [0.717, 1.165) is 86.7 Å². The lowest BCUT2D eigenvalue weighted by molar-refractivity contribution is -0.117. The largest absolute Gasteiger partial charge is 0.472 e. The number of nitrogen functional groups attached to an aromatic ring is 6. The molecule has 766 valence electrons. The predicted molar refractivity (Wildman–Crippen MR) is 458 cm³/mol. The number of phosphoric acid groups is 6. The first-order valence-corrected chi connectivity index (χ1v) is 50.2. The number of fused-ring (bicyclic) bond motifs is 3. The highest BCUT2D eigenvalue weighted by molar-refractivity contribution is 7.48. The van der Waals surface area contributed by atoms with Gasteiger partial charge in [-0.3, -0.25) is 96.3 Å². The first kappa shape index (κ1) is 105. The van der Waals surface area contributed by atoms with Gasteiger partial charge in [-0.1, -0.05) is 19.4 Å². The second kappa shape index (κ2) is 42.3. The number of carbonyl (C=O) groups is 1. The van der Waals surface area contributed by atoms with Crippen LogP contribution in [0.4, 0.5) is 35.0 Å². The van der Waals surface area contributed by atoms with Crippen LogP contribution in [-0.4, -0.2) is 321 Å². The number of nitrogens with one attached hydrogen (secondary N) is 2. The Morgan fingerprint density at radius 2 is 0.700 bits per heavy atom. The molecule has 0 aromatic carbocycles. The van der Waals surface area contributed by atoms with Gasteiger partial charge in [-0.2, -0.15) is 19.9 Å². The number of amides is 1. The molecule has 6 aliphatic heterocycles. The Hall–Kier alpha value is -9.76. The normalized spacial score (nSPS) is 30.7. The lowest BCUT2D eigenvalue weighted by atomic mass is 10.1. The summed E-state index contributed by atoms with van der Waals surface area (Å²) in [6.45, 7) is -2.81. The molecule has 6 unspecified atom stereocenters. The average Bonchev–Trinajstić information content (AvgIpc) is 1.56. The first-order valence-electron chi connectivity index (χ1n) is 41.2. The van der Waals surface area contributed by atoms with E-state index in [1.54, 1.807) is 0 Å². The molecule has 140 heavy (non-hydrogen) atoms. The van der Waals surface area contributed by atoms with Gasteiger partial charge >= 0.3 is 64.0 Å². The Kier molecular flexibility index (Phi) is 31.6. The summed E-state index contributed by atoms with van der Waals surface area (Å²) in [5.74, 6) is -2.22. The van der Waals surface area contributed by atoms with Gasteiger partial charge in [-0.15, -0.1) is 0 Å². The maximum atomic E-state index is 14.6. The number of carbonyl (C=O) groups excluding carboxylic acids is 1. The summed E-state index contributed by atoms with van der Waals surface area (Å²) in [5, 5.41) is 84.4. The molecule has 1 amide bonds. The highest BCUT2D eigenvalue weighted by Crippen LogP contribution is 2.58. The molecule has 9 aromatic heterocycles. The second-order valence-corrected chi connectivity index (χ2v) is 40.1. The van der Waals surface area contributed by atoms with Gasteiger partial charge in [-0.05, 0) is 38.0 Å². The summed E-state index contributed by atoms with van der Waals surface area (Å²) < 4.78 is 190. The van der Waals surface area contributed by atoms with Gasteiger partial charge in [0.05, 0.1) is 65.2 Å². The lowest BCUT2D eigenvalue weighted by Gasteiger charge is -2.27. The number of nitrogens with zero attached hydrogens (tertiary/aromatic N) is 17. The molecule has 6 saturated heterocycles. The summed E-state index contributed by atoms with van der Waals surface area (Å²) in [7, 11) is -34.6. The van der Waals surface area contributed by atoms with E-state index in [1.165, 1.54) is 6.92 Å². The summed E-state index contributed by atoms with van der Waals surface area (Å²) in [6.07, 6.45) is -41.1. The monoisotopic (exact) mass is 2100 g/mol. The van der Waals surface area contributed by atoms with Gasteiger partial charge in [0.15, 0.2) is 71.5 Å². The van der Waals surface area contributed by atoms with Crippen molar-refractivity contribution in [2.24, 2.45) is 0 Å². The number of ether oxygens (including phenoxy) is 6. The number of aliphatic hydroxyl groups excluding tert-OH is 7. The van der Waals surface area contributed by atoms with Gasteiger partial charge in [0.25, 0.3) is 5.56 Å². The number of anilines is 6. The van der Waals surface area contributed by atoms with Crippen LogP contribution in [0, 0.1) is 0 Å². The van der Waals surface area contributed by atoms with E-state index in [9.17, 15) is 116 Å². The number of hydrogen-bond donors (Lipinski definition) is 21. The van der Waals surface area contributed by atoms with Crippen LogP contribution in [0.15, 0.2) is 99.8 Å². The van der Waals surface area contributed by atoms with E-state index in [1.807, 2.05) is 0 Å². The quantitative estimate of drug-likeness (QED) is 0.00961. The van der Waals surface area contributed by atoms with Crippen molar-refractivity contribution in [1.82, 2.24) is 92.5 Å². The summed E-state index contributed by atoms with van der Waals surface area (Å²) in [4.78, 5) is 178. The van der Waals surface area contributed by atoms with Crippen LogP contribution in [0.5, 0.6) is 0 Å². The topological polar surface area (TPSA) is 972 Å². The van der Waals surface area contributed by atoms with E-state index in [2.05, 4.69) is 71.7 Å². The van der Waals surface area contributed by atoms with Crippen LogP contribution in [-0.2, 0) is 115 Å². The zero-order chi connectivity index (χ0) is 101. The number of phosphoric ester groups is 6. The minimum absolute atomic E-state index is 0.0216. The van der Waals surface area contributed by atoms with E-state index in [-0.39, 0.29) is 64.5 Å². The van der Waals surface area contributed by atoms with E-state index in [4.69, 9.17) is 117 Å². The average molecular weight is 2100 g/mol. The Labute approximate surface area is 780 Å². The molecule has 0 saturated carbocycles. The fourth-order valence-electron chi connectivity index (χ4n) is 15.3. The van der Waals surface area contributed by atoms with Gasteiger partial charge in [0.2, 0.25) is 11.9 Å². The Balaban J connectivity index is 0.643. The standard InChI is InChI=1S/C67H91N25O42P6/c1-26(2)56(100)74-10-5-3-4-6-14-117-135(105,106)118-16-28-48(43(97)61(127-28)90-23-79-36-51(71)75-21-77-53(36)90)133-139(113,114)121-18-30-46(41(95)59(126-30)88-12-8-34(69)83-66(88)103)130-137(109,110)120-17-29-47(42(96)60(125-29)89-13-9-35(70)84-67(89)104)131-138(111,112)122-19-31-49(44(98)62(128-31)91-24-80-37-52(72)76-22-78-54(37)91)134-140(115,116)123-20-32-50(45(99)63(129-32)92-25-81-38-55(92)85-64(73)86-57(38)101)132-136(107,108)119-15-27-39(93)40(94)58(124-27)87-11-7-33(68)82-65(87)102/h7-9,11-13,21-25,27-32,39-50,58-63,93-99H,1,3-6,10,14-20H2,2H3,(H,74,100)(H,105,106)(H,107,108)(H,109,110)(H,111,112)(H,113,114)(H,115,116)(H2,68,82,102)(H2,69,83,103)(H2,70,84,104)(H2,71,75,77)(H2,72,76,78)(H3,73,85,86,101)/t27-,28-,29-,30-,31-,32-,39-,40-,41-,42-,43-,44-,45-,46-,47-,48-,49-,50-,58-,59-,60-,61-,62-,63-/m1/s1. The number of aromatic nitrogens is 18. The van der Waals surface area contributed by atoms with Gasteiger partial charge < -0.3 is 133 Å². The Morgan fingerprint density at radius 1 is 0.393 bits per heavy atom. The van der Waals surface area contributed by atoms with E-state index < -0.39 is 279 Å². The van der Waals surface area contributed by atoms with Gasteiger partial charge in [0.1, 0.15) is 151 Å². The van der Waals surface area contributed by atoms with Crippen LogP contribution >= 0.6 is 46.9 Å². The molecule has 27 N–H and O–H groups in total. The molecular formula is C67H91N25O42P6. The number of aliphatic hydroxyl groups is 7. The Morgan fingerprint density at radius 3 is 1.05 bits per heavy atom. The van der Waals surface area contributed by atoms with E-state index in [0.29, 0.717) is 40.5 Å².